The van der Waals surface area contributed by atoms with Gasteiger partial charge in [-0.15, -0.1) is 0 Å². The fourth-order valence-electron chi connectivity index (χ4n) is 1.73. The Bertz CT molecular complexity index is 384. The molecule has 0 fully saturated rings. The first kappa shape index (κ1) is 11.9. The summed E-state index contributed by atoms with van der Waals surface area (Å²) in [5.41, 5.74) is 2.58. The van der Waals surface area contributed by atoms with Crippen molar-refractivity contribution < 1.29 is 4.74 Å². The molecule has 1 heterocycles. The van der Waals surface area contributed by atoms with Crippen molar-refractivity contribution in [1.29, 1.82) is 0 Å². The summed E-state index contributed by atoms with van der Waals surface area (Å²) in [6.07, 6.45) is 5.87. The molecule has 17 heavy (non-hydrogen) atoms. The van der Waals surface area contributed by atoms with Gasteiger partial charge in [-0.05, 0) is 24.0 Å². The molecule has 0 aliphatic carbocycles. The third-order valence-electron chi connectivity index (χ3n) is 2.65. The molecule has 1 N–H and O–H groups in total. The molecule has 3 nitrogen and oxygen atoms in total. The summed E-state index contributed by atoms with van der Waals surface area (Å²) in [6.45, 7) is 2.33. The molecule has 1 aromatic rings. The lowest BCUT2D eigenvalue weighted by Crippen LogP contribution is -2.10. The number of aliphatic imine (C=N–C) groups is 1. The van der Waals surface area contributed by atoms with E-state index in [0.717, 1.165) is 26.0 Å². The van der Waals surface area contributed by atoms with E-state index in [9.17, 15) is 0 Å². The van der Waals surface area contributed by atoms with Gasteiger partial charge in [0, 0.05) is 12.8 Å². The molecular weight excluding hydrogens is 212 g/mol. The highest BCUT2D eigenvalue weighted by molar-refractivity contribution is 5.57. The van der Waals surface area contributed by atoms with Gasteiger partial charge < -0.3 is 10.1 Å². The highest BCUT2D eigenvalue weighted by Gasteiger charge is 1.99. The second kappa shape index (κ2) is 6.86. The van der Waals surface area contributed by atoms with E-state index < -0.39 is 0 Å². The number of benzene rings is 1. The Morgan fingerprint density at radius 2 is 2.12 bits per heavy atom. The molecule has 0 spiro atoms. The molecule has 90 valence electrons. The maximum absolute atomic E-state index is 5.62. The predicted octanol–water partition coefficient (Wildman–Crippen LogP) is 2.50. The van der Waals surface area contributed by atoms with Crippen molar-refractivity contribution in [2.75, 3.05) is 13.2 Å². The van der Waals surface area contributed by atoms with Crippen molar-refractivity contribution in [3.8, 4) is 0 Å². The van der Waals surface area contributed by atoms with Crippen molar-refractivity contribution in [2.45, 2.75) is 19.4 Å². The average Bonchev–Trinajstić information content (AvgIpc) is 2.41. The van der Waals surface area contributed by atoms with Gasteiger partial charge in [-0.25, -0.2) is 0 Å². The highest BCUT2D eigenvalue weighted by atomic mass is 16.5. The van der Waals surface area contributed by atoms with Crippen LogP contribution in [0.4, 0.5) is 0 Å². The van der Waals surface area contributed by atoms with Gasteiger partial charge in [-0.3, -0.25) is 4.99 Å². The van der Waals surface area contributed by atoms with Crippen molar-refractivity contribution >= 4 is 6.34 Å². The number of nitrogens with zero attached hydrogens (tertiary/aromatic N) is 1. The van der Waals surface area contributed by atoms with Crippen LogP contribution in [0.3, 0.4) is 0 Å². The second-order valence-corrected chi connectivity index (χ2v) is 4.08. The summed E-state index contributed by atoms with van der Waals surface area (Å²) in [6, 6.07) is 10.3. The lowest BCUT2D eigenvalue weighted by Gasteiger charge is -2.09. The molecule has 0 aromatic heterocycles. The minimum Gasteiger partial charge on any atom is -0.377 e. The van der Waals surface area contributed by atoms with E-state index in [0.29, 0.717) is 6.61 Å². The van der Waals surface area contributed by atoms with Crippen molar-refractivity contribution in [3.63, 3.8) is 0 Å². The van der Waals surface area contributed by atoms with Crippen LogP contribution in [0.1, 0.15) is 18.4 Å². The topological polar surface area (TPSA) is 33.6 Å². The van der Waals surface area contributed by atoms with E-state index >= 15 is 0 Å². The average molecular weight is 230 g/mol. The Labute approximate surface area is 102 Å². The number of nitrogens with one attached hydrogen (secondary N) is 1. The minimum atomic E-state index is 0.705. The molecule has 0 unspecified atom stereocenters. The van der Waals surface area contributed by atoms with E-state index in [-0.39, 0.29) is 0 Å². The smallest absolute Gasteiger partial charge is 0.0867 e. The Balaban J connectivity index is 1.56. The Kier molecular flexibility index (Phi) is 4.79. The fourth-order valence-corrected chi connectivity index (χ4v) is 1.73. The number of hydrogen-bond acceptors (Lipinski definition) is 3. The zero-order chi connectivity index (χ0) is 11.8. The van der Waals surface area contributed by atoms with Crippen molar-refractivity contribution in [3.05, 3.63) is 47.7 Å². The molecule has 0 amide bonds. The monoisotopic (exact) mass is 230 g/mol. The molecule has 0 atom stereocenters. The van der Waals surface area contributed by atoms with Gasteiger partial charge >= 0.3 is 0 Å². The standard InChI is InChI=1S/C14H18N2O/c1-2-5-13(6-3-1)11-17-8-4-7-14-9-15-12-16-10-14/h1-3,5-6,9,12H,4,7-8,10-11H2,(H,15,16). The van der Waals surface area contributed by atoms with Crippen LogP contribution in [0.15, 0.2) is 47.1 Å². The zero-order valence-electron chi connectivity index (χ0n) is 9.93. The first-order valence-electron chi connectivity index (χ1n) is 5.99. The Hall–Kier alpha value is -1.61. The summed E-state index contributed by atoms with van der Waals surface area (Å²) in [5, 5.41) is 3.01. The zero-order valence-corrected chi connectivity index (χ0v) is 9.93. The molecule has 1 aliphatic rings. The van der Waals surface area contributed by atoms with Gasteiger partial charge in [0.25, 0.3) is 0 Å². The van der Waals surface area contributed by atoms with Gasteiger partial charge in [0.05, 0.1) is 19.5 Å². The highest BCUT2D eigenvalue weighted by Crippen LogP contribution is 2.07. The van der Waals surface area contributed by atoms with Crippen LogP contribution in [-0.4, -0.2) is 19.5 Å². The van der Waals surface area contributed by atoms with Gasteiger partial charge in [-0.2, -0.15) is 0 Å². The predicted molar refractivity (Wildman–Crippen MR) is 69.9 cm³/mol. The van der Waals surface area contributed by atoms with Crippen molar-refractivity contribution in [2.24, 2.45) is 4.99 Å². The largest absolute Gasteiger partial charge is 0.377 e. The van der Waals surface area contributed by atoms with Crippen molar-refractivity contribution in [1.82, 2.24) is 5.32 Å². The Morgan fingerprint density at radius 1 is 1.24 bits per heavy atom. The summed E-state index contributed by atoms with van der Waals surface area (Å²) in [5.74, 6) is 0. The molecule has 0 saturated heterocycles. The van der Waals surface area contributed by atoms with Crippen LogP contribution >= 0.6 is 0 Å². The number of ether oxygens (including phenoxy) is 1. The van der Waals surface area contributed by atoms with Gasteiger partial charge in [-0.1, -0.05) is 30.3 Å². The molecule has 2 rings (SSSR count). The molecule has 0 radical (unpaired) electrons. The van der Waals surface area contributed by atoms with Crippen LogP contribution in [0.5, 0.6) is 0 Å². The quantitative estimate of drug-likeness (QED) is 0.762. The molecule has 1 aliphatic heterocycles. The SMILES string of the molecule is C1=NCC(CCCOCc2ccccc2)=CN1. The summed E-state index contributed by atoms with van der Waals surface area (Å²) in [7, 11) is 0. The third-order valence-corrected chi connectivity index (χ3v) is 2.65. The Morgan fingerprint density at radius 3 is 2.88 bits per heavy atom. The van der Waals surface area contributed by atoms with Crippen LogP contribution in [0.25, 0.3) is 0 Å². The summed E-state index contributed by atoms with van der Waals surface area (Å²) in [4.78, 5) is 4.16. The van der Waals surface area contributed by atoms with E-state index in [4.69, 9.17) is 4.74 Å². The van der Waals surface area contributed by atoms with Crippen LogP contribution < -0.4 is 5.32 Å². The molecule has 1 aromatic carbocycles. The van der Waals surface area contributed by atoms with Gasteiger partial charge in [0.2, 0.25) is 0 Å². The minimum absolute atomic E-state index is 0.705. The maximum atomic E-state index is 5.62. The summed E-state index contributed by atoms with van der Waals surface area (Å²) >= 11 is 0. The number of hydrogen-bond donors (Lipinski definition) is 1. The van der Waals surface area contributed by atoms with E-state index in [2.05, 4.69) is 22.4 Å². The first-order valence-corrected chi connectivity index (χ1v) is 5.99. The van der Waals surface area contributed by atoms with Crippen LogP contribution in [-0.2, 0) is 11.3 Å². The molecule has 3 heteroatoms. The molecular formula is C14H18N2O. The van der Waals surface area contributed by atoms with E-state index in [1.54, 1.807) is 6.34 Å². The molecule has 0 saturated carbocycles. The van der Waals surface area contributed by atoms with E-state index in [1.807, 2.05) is 24.4 Å². The molecule has 0 bridgehead atoms. The first-order chi connectivity index (χ1) is 8.45. The normalized spacial score (nSPS) is 14.2. The van der Waals surface area contributed by atoms with Crippen LogP contribution in [0.2, 0.25) is 0 Å². The maximum Gasteiger partial charge on any atom is 0.0867 e. The summed E-state index contributed by atoms with van der Waals surface area (Å²) < 4.78 is 5.62. The van der Waals surface area contributed by atoms with Crippen LogP contribution in [0, 0.1) is 0 Å². The van der Waals surface area contributed by atoms with Gasteiger partial charge in [0.15, 0.2) is 0 Å². The fraction of sp³-hybridized carbons (Fsp3) is 0.357. The number of rotatable bonds is 6. The lowest BCUT2D eigenvalue weighted by atomic mass is 10.1. The third kappa shape index (κ3) is 4.41. The second-order valence-electron chi connectivity index (χ2n) is 4.08. The van der Waals surface area contributed by atoms with E-state index in [1.165, 1.54) is 11.1 Å². The lowest BCUT2D eigenvalue weighted by molar-refractivity contribution is 0.118. The van der Waals surface area contributed by atoms with Gasteiger partial charge in [0.1, 0.15) is 0 Å².